The van der Waals surface area contributed by atoms with Gasteiger partial charge in [-0.2, -0.15) is 5.26 Å². The summed E-state index contributed by atoms with van der Waals surface area (Å²) in [5.41, 5.74) is 0.624. The second-order valence-electron chi connectivity index (χ2n) is 4.30. The van der Waals surface area contributed by atoms with Gasteiger partial charge in [-0.3, -0.25) is 4.79 Å². The zero-order valence-corrected chi connectivity index (χ0v) is 10.2. The van der Waals surface area contributed by atoms with Crippen LogP contribution in [-0.2, 0) is 4.79 Å². The monoisotopic (exact) mass is 221 g/mol. The van der Waals surface area contributed by atoms with E-state index in [1.807, 2.05) is 36.6 Å². The molecule has 0 bridgehead atoms. The molecule has 0 atom stereocenters. The maximum atomic E-state index is 11.7. The number of nitrogens with zero attached hydrogens (tertiary/aromatic N) is 3. The van der Waals surface area contributed by atoms with Gasteiger partial charge in [0.25, 0.3) is 0 Å². The summed E-state index contributed by atoms with van der Waals surface area (Å²) in [4.78, 5) is 15.4. The molecule has 0 unspecified atom stereocenters. The van der Waals surface area contributed by atoms with Gasteiger partial charge < -0.3 is 9.80 Å². The molecule has 1 aliphatic rings. The first kappa shape index (κ1) is 12.6. The van der Waals surface area contributed by atoms with Crippen LogP contribution < -0.4 is 0 Å². The van der Waals surface area contributed by atoms with Crippen molar-refractivity contribution in [2.24, 2.45) is 5.92 Å². The Morgan fingerprint density at radius 3 is 2.69 bits per heavy atom. The average molecular weight is 221 g/mol. The van der Waals surface area contributed by atoms with Crippen LogP contribution in [0.15, 0.2) is 11.8 Å². The first-order valence-corrected chi connectivity index (χ1v) is 5.73. The molecule has 0 aromatic rings. The minimum Gasteiger partial charge on any atom is -0.352 e. The van der Waals surface area contributed by atoms with Crippen LogP contribution in [0.5, 0.6) is 0 Å². The highest BCUT2D eigenvalue weighted by Gasteiger charge is 2.23. The lowest BCUT2D eigenvalue weighted by Gasteiger charge is -2.34. The van der Waals surface area contributed by atoms with Crippen molar-refractivity contribution in [3.63, 3.8) is 0 Å². The van der Waals surface area contributed by atoms with Gasteiger partial charge in [-0.05, 0) is 18.9 Å². The number of carbonyl (C=O) groups is 1. The zero-order chi connectivity index (χ0) is 12.1. The smallest absolute Gasteiger partial charge is 0.242 e. The van der Waals surface area contributed by atoms with Gasteiger partial charge in [0.2, 0.25) is 5.91 Å². The molecule has 1 fully saturated rings. The molecule has 1 heterocycles. The summed E-state index contributed by atoms with van der Waals surface area (Å²) in [5.74, 6) is 0.438. The van der Waals surface area contributed by atoms with E-state index in [0.717, 1.165) is 13.1 Å². The van der Waals surface area contributed by atoms with Gasteiger partial charge in [0.15, 0.2) is 0 Å². The van der Waals surface area contributed by atoms with E-state index in [2.05, 4.69) is 6.07 Å². The van der Waals surface area contributed by atoms with Crippen LogP contribution in [0.25, 0.3) is 0 Å². The number of rotatable bonds is 3. The molecule has 0 aromatic heterocycles. The number of piperazine rings is 1. The standard InChI is InChI=1S/C12H19N3O/c1-4-14-5-6-15(9-12(14)16)11(8-13)7-10(2)3/h7,10H,4-6,9H2,1-3H3. The molecule has 0 radical (unpaired) electrons. The average Bonchev–Trinajstić information content (AvgIpc) is 2.25. The van der Waals surface area contributed by atoms with Crippen LogP contribution in [-0.4, -0.2) is 41.9 Å². The van der Waals surface area contributed by atoms with Crippen molar-refractivity contribution in [1.29, 1.82) is 5.26 Å². The third-order valence-electron chi connectivity index (χ3n) is 2.65. The Kier molecular flexibility index (Phi) is 4.36. The Labute approximate surface area is 97.1 Å². The van der Waals surface area contributed by atoms with Crippen molar-refractivity contribution in [3.05, 3.63) is 11.8 Å². The van der Waals surface area contributed by atoms with Crippen LogP contribution >= 0.6 is 0 Å². The molecule has 0 N–H and O–H groups in total. The lowest BCUT2D eigenvalue weighted by molar-refractivity contribution is -0.134. The van der Waals surface area contributed by atoms with E-state index in [0.29, 0.717) is 24.7 Å². The highest BCUT2D eigenvalue weighted by atomic mass is 16.2. The Morgan fingerprint density at radius 2 is 2.25 bits per heavy atom. The number of allylic oxidation sites excluding steroid dienone is 2. The van der Waals surface area contributed by atoms with Crippen molar-refractivity contribution in [2.45, 2.75) is 20.8 Å². The van der Waals surface area contributed by atoms with Crippen molar-refractivity contribution in [3.8, 4) is 6.07 Å². The highest BCUT2D eigenvalue weighted by Crippen LogP contribution is 2.12. The Balaban J connectivity index is 2.70. The van der Waals surface area contributed by atoms with E-state index in [1.54, 1.807) is 0 Å². The van der Waals surface area contributed by atoms with E-state index in [9.17, 15) is 4.79 Å². The van der Waals surface area contributed by atoms with Gasteiger partial charge in [-0.25, -0.2) is 0 Å². The first-order chi connectivity index (χ1) is 7.58. The van der Waals surface area contributed by atoms with Crippen LogP contribution in [0, 0.1) is 17.2 Å². The zero-order valence-electron chi connectivity index (χ0n) is 10.2. The van der Waals surface area contributed by atoms with E-state index >= 15 is 0 Å². The normalized spacial score (nSPS) is 17.9. The summed E-state index contributed by atoms with van der Waals surface area (Å²) < 4.78 is 0. The maximum absolute atomic E-state index is 11.7. The number of amides is 1. The summed E-state index contributed by atoms with van der Waals surface area (Å²) in [6, 6.07) is 2.17. The quantitative estimate of drug-likeness (QED) is 0.673. The molecule has 16 heavy (non-hydrogen) atoms. The lowest BCUT2D eigenvalue weighted by atomic mass is 10.1. The molecule has 0 saturated carbocycles. The lowest BCUT2D eigenvalue weighted by Crippen LogP contribution is -2.49. The van der Waals surface area contributed by atoms with Crippen LogP contribution in [0.3, 0.4) is 0 Å². The van der Waals surface area contributed by atoms with Gasteiger partial charge >= 0.3 is 0 Å². The third-order valence-corrected chi connectivity index (χ3v) is 2.65. The molecule has 4 nitrogen and oxygen atoms in total. The molecule has 4 heteroatoms. The van der Waals surface area contributed by atoms with Gasteiger partial charge in [0.1, 0.15) is 11.8 Å². The van der Waals surface area contributed by atoms with Gasteiger partial charge in [0, 0.05) is 19.6 Å². The fraction of sp³-hybridized carbons (Fsp3) is 0.667. The predicted octanol–water partition coefficient (Wildman–Crippen LogP) is 1.21. The molecular formula is C12H19N3O. The van der Waals surface area contributed by atoms with Crippen LogP contribution in [0.2, 0.25) is 0 Å². The molecular weight excluding hydrogens is 202 g/mol. The van der Waals surface area contributed by atoms with Gasteiger partial charge in [0.05, 0.1) is 6.54 Å². The van der Waals surface area contributed by atoms with Gasteiger partial charge in [-0.15, -0.1) is 0 Å². The van der Waals surface area contributed by atoms with E-state index in [1.165, 1.54) is 0 Å². The van der Waals surface area contributed by atoms with E-state index in [4.69, 9.17) is 5.26 Å². The number of likely N-dealkylation sites (N-methyl/N-ethyl adjacent to an activating group) is 1. The Morgan fingerprint density at radius 1 is 1.56 bits per heavy atom. The minimum absolute atomic E-state index is 0.110. The van der Waals surface area contributed by atoms with E-state index in [-0.39, 0.29) is 5.91 Å². The summed E-state index contributed by atoms with van der Waals surface area (Å²) in [7, 11) is 0. The first-order valence-electron chi connectivity index (χ1n) is 5.73. The minimum atomic E-state index is 0.110. The fourth-order valence-corrected chi connectivity index (χ4v) is 1.78. The van der Waals surface area contributed by atoms with Crippen molar-refractivity contribution in [2.75, 3.05) is 26.2 Å². The number of hydrogen-bond donors (Lipinski definition) is 0. The van der Waals surface area contributed by atoms with E-state index < -0.39 is 0 Å². The second kappa shape index (κ2) is 5.55. The highest BCUT2D eigenvalue weighted by molar-refractivity contribution is 5.79. The number of nitriles is 1. The summed E-state index contributed by atoms with van der Waals surface area (Å²) in [6.07, 6.45) is 1.91. The number of carbonyl (C=O) groups excluding carboxylic acids is 1. The SMILES string of the molecule is CCN1CCN(C(C#N)=CC(C)C)CC1=O. The molecule has 0 aliphatic carbocycles. The molecule has 1 amide bonds. The topological polar surface area (TPSA) is 47.3 Å². The fourth-order valence-electron chi connectivity index (χ4n) is 1.78. The summed E-state index contributed by atoms with van der Waals surface area (Å²) >= 11 is 0. The van der Waals surface area contributed by atoms with Crippen LogP contribution in [0.4, 0.5) is 0 Å². The van der Waals surface area contributed by atoms with Crippen molar-refractivity contribution < 1.29 is 4.79 Å². The van der Waals surface area contributed by atoms with Crippen LogP contribution in [0.1, 0.15) is 20.8 Å². The predicted molar refractivity (Wildman–Crippen MR) is 62.4 cm³/mol. The summed E-state index contributed by atoms with van der Waals surface area (Å²) in [6.45, 7) is 8.59. The van der Waals surface area contributed by atoms with Crippen molar-refractivity contribution >= 4 is 5.91 Å². The molecule has 0 aromatic carbocycles. The molecule has 88 valence electrons. The molecule has 1 aliphatic heterocycles. The molecule has 1 saturated heterocycles. The molecule has 1 rings (SSSR count). The molecule has 0 spiro atoms. The Hall–Kier alpha value is -1.50. The maximum Gasteiger partial charge on any atom is 0.242 e. The number of hydrogen-bond acceptors (Lipinski definition) is 3. The summed E-state index contributed by atoms with van der Waals surface area (Å²) in [5, 5.41) is 9.05. The van der Waals surface area contributed by atoms with Crippen molar-refractivity contribution in [1.82, 2.24) is 9.80 Å². The third kappa shape index (κ3) is 2.99. The van der Waals surface area contributed by atoms with Gasteiger partial charge in [-0.1, -0.05) is 13.8 Å². The second-order valence-corrected chi connectivity index (χ2v) is 4.30. The largest absolute Gasteiger partial charge is 0.352 e. The Bertz CT molecular complexity index is 328.